The standard InChI is InChI=1S/C17H24ClNO4/c1-3-8-23-16-13(18)9-12(10-15(16)22-2)11-19-7-5-4-6-14(19)17(20)21/h9-10,14H,3-8,11H2,1-2H3,(H,20,21). The number of carboxylic acids is 1. The van der Waals surface area contributed by atoms with Gasteiger partial charge in [-0.05, 0) is 43.5 Å². The maximum absolute atomic E-state index is 11.4. The number of hydrogen-bond donors (Lipinski definition) is 1. The number of hydrogen-bond acceptors (Lipinski definition) is 4. The lowest BCUT2D eigenvalue weighted by atomic mass is 10.0. The van der Waals surface area contributed by atoms with Crippen LogP contribution < -0.4 is 9.47 Å². The van der Waals surface area contributed by atoms with Crippen molar-refractivity contribution in [1.82, 2.24) is 4.90 Å². The van der Waals surface area contributed by atoms with Crippen molar-refractivity contribution in [3.8, 4) is 11.5 Å². The van der Waals surface area contributed by atoms with Crippen LogP contribution in [-0.2, 0) is 11.3 Å². The summed E-state index contributed by atoms with van der Waals surface area (Å²) in [7, 11) is 1.58. The fourth-order valence-electron chi connectivity index (χ4n) is 2.90. The van der Waals surface area contributed by atoms with Crippen LogP contribution in [-0.4, -0.2) is 42.3 Å². The number of carbonyl (C=O) groups is 1. The van der Waals surface area contributed by atoms with E-state index in [9.17, 15) is 9.90 Å². The van der Waals surface area contributed by atoms with E-state index in [-0.39, 0.29) is 0 Å². The molecule has 1 unspecified atom stereocenters. The van der Waals surface area contributed by atoms with Crippen molar-refractivity contribution in [3.05, 3.63) is 22.7 Å². The molecule has 0 radical (unpaired) electrons. The summed E-state index contributed by atoms with van der Waals surface area (Å²) in [6.45, 7) is 3.92. The average molecular weight is 342 g/mol. The van der Waals surface area contributed by atoms with Crippen molar-refractivity contribution in [2.45, 2.75) is 45.2 Å². The molecule has 6 heteroatoms. The second-order valence-electron chi connectivity index (χ2n) is 5.78. The van der Waals surface area contributed by atoms with Crippen molar-refractivity contribution in [2.75, 3.05) is 20.3 Å². The number of likely N-dealkylation sites (tertiary alicyclic amines) is 1. The molecule has 1 aliphatic heterocycles. The number of piperidine rings is 1. The Bertz CT molecular complexity index is 550. The van der Waals surface area contributed by atoms with Crippen LogP contribution in [0.25, 0.3) is 0 Å². The van der Waals surface area contributed by atoms with Gasteiger partial charge in [0.15, 0.2) is 11.5 Å². The van der Waals surface area contributed by atoms with E-state index < -0.39 is 12.0 Å². The molecule has 2 rings (SSSR count). The van der Waals surface area contributed by atoms with Gasteiger partial charge in [0.05, 0.1) is 18.7 Å². The fourth-order valence-corrected chi connectivity index (χ4v) is 3.19. The van der Waals surface area contributed by atoms with E-state index in [0.717, 1.165) is 31.4 Å². The van der Waals surface area contributed by atoms with Gasteiger partial charge in [0, 0.05) is 6.54 Å². The average Bonchev–Trinajstić information content (AvgIpc) is 2.53. The summed E-state index contributed by atoms with van der Waals surface area (Å²) >= 11 is 6.33. The monoisotopic (exact) mass is 341 g/mol. The summed E-state index contributed by atoms with van der Waals surface area (Å²) in [5, 5.41) is 9.87. The van der Waals surface area contributed by atoms with Crippen LogP contribution in [0.2, 0.25) is 5.02 Å². The highest BCUT2D eigenvalue weighted by molar-refractivity contribution is 6.32. The van der Waals surface area contributed by atoms with E-state index in [0.29, 0.717) is 36.1 Å². The number of ether oxygens (including phenoxy) is 2. The number of halogens is 1. The van der Waals surface area contributed by atoms with E-state index in [2.05, 4.69) is 0 Å². The molecule has 5 nitrogen and oxygen atoms in total. The van der Waals surface area contributed by atoms with Gasteiger partial charge in [-0.3, -0.25) is 9.69 Å². The Morgan fingerprint density at radius 1 is 1.43 bits per heavy atom. The molecule has 0 aromatic heterocycles. The molecule has 1 aliphatic rings. The van der Waals surface area contributed by atoms with Gasteiger partial charge in [-0.25, -0.2) is 0 Å². The summed E-state index contributed by atoms with van der Waals surface area (Å²) < 4.78 is 11.0. The summed E-state index contributed by atoms with van der Waals surface area (Å²) in [6, 6.07) is 3.29. The summed E-state index contributed by atoms with van der Waals surface area (Å²) in [5.74, 6) is 0.378. The number of rotatable bonds is 7. The van der Waals surface area contributed by atoms with Crippen LogP contribution in [0.15, 0.2) is 12.1 Å². The van der Waals surface area contributed by atoms with Crippen LogP contribution in [0.5, 0.6) is 11.5 Å². The largest absolute Gasteiger partial charge is 0.493 e. The predicted molar refractivity (Wildman–Crippen MR) is 89.5 cm³/mol. The Balaban J connectivity index is 2.19. The molecule has 1 N–H and O–H groups in total. The maximum Gasteiger partial charge on any atom is 0.320 e. The minimum atomic E-state index is -0.759. The summed E-state index contributed by atoms with van der Waals surface area (Å²) in [6.07, 6.45) is 3.56. The van der Waals surface area contributed by atoms with Crippen LogP contribution >= 0.6 is 11.6 Å². The van der Waals surface area contributed by atoms with Gasteiger partial charge in [0.25, 0.3) is 0 Å². The van der Waals surface area contributed by atoms with Crippen molar-refractivity contribution >= 4 is 17.6 Å². The fraction of sp³-hybridized carbons (Fsp3) is 0.588. The molecule has 23 heavy (non-hydrogen) atoms. The molecule has 0 saturated carbocycles. The first-order chi connectivity index (χ1) is 11.1. The van der Waals surface area contributed by atoms with Gasteiger partial charge in [0.2, 0.25) is 0 Å². The molecule has 0 aliphatic carbocycles. The van der Waals surface area contributed by atoms with E-state index in [1.54, 1.807) is 7.11 Å². The molecule has 1 heterocycles. The highest BCUT2D eigenvalue weighted by Crippen LogP contribution is 2.37. The SMILES string of the molecule is CCCOc1c(Cl)cc(CN2CCCCC2C(=O)O)cc1OC. The molecule has 128 valence electrons. The van der Waals surface area contributed by atoms with Crippen LogP contribution in [0, 0.1) is 0 Å². The third-order valence-electron chi connectivity index (χ3n) is 4.02. The van der Waals surface area contributed by atoms with Gasteiger partial charge >= 0.3 is 5.97 Å². The molecule has 1 fully saturated rings. The number of aliphatic carboxylic acids is 1. The van der Waals surface area contributed by atoms with Crippen molar-refractivity contribution in [2.24, 2.45) is 0 Å². The van der Waals surface area contributed by atoms with E-state index >= 15 is 0 Å². The van der Waals surface area contributed by atoms with Crippen LogP contribution in [0.4, 0.5) is 0 Å². The van der Waals surface area contributed by atoms with E-state index in [4.69, 9.17) is 21.1 Å². The van der Waals surface area contributed by atoms with Gasteiger partial charge in [-0.15, -0.1) is 0 Å². The molecular formula is C17H24ClNO4. The zero-order valence-electron chi connectivity index (χ0n) is 13.7. The van der Waals surface area contributed by atoms with Gasteiger partial charge in [-0.2, -0.15) is 0 Å². The quantitative estimate of drug-likeness (QED) is 0.821. The first kappa shape index (κ1) is 17.9. The Hall–Kier alpha value is -1.46. The summed E-state index contributed by atoms with van der Waals surface area (Å²) in [5.41, 5.74) is 0.934. The lowest BCUT2D eigenvalue weighted by molar-refractivity contribution is -0.144. The second-order valence-corrected chi connectivity index (χ2v) is 6.18. The Morgan fingerprint density at radius 2 is 2.22 bits per heavy atom. The zero-order valence-corrected chi connectivity index (χ0v) is 14.4. The lowest BCUT2D eigenvalue weighted by Gasteiger charge is -2.33. The first-order valence-corrected chi connectivity index (χ1v) is 8.40. The smallest absolute Gasteiger partial charge is 0.320 e. The zero-order chi connectivity index (χ0) is 16.8. The van der Waals surface area contributed by atoms with Crippen LogP contribution in [0.1, 0.15) is 38.2 Å². The molecule has 1 aromatic carbocycles. The Labute approximate surface area is 142 Å². The Morgan fingerprint density at radius 3 is 2.87 bits per heavy atom. The highest BCUT2D eigenvalue weighted by Gasteiger charge is 2.28. The third kappa shape index (κ3) is 4.52. The molecule has 0 bridgehead atoms. The lowest BCUT2D eigenvalue weighted by Crippen LogP contribution is -2.44. The number of methoxy groups -OCH3 is 1. The topological polar surface area (TPSA) is 59.0 Å². The summed E-state index contributed by atoms with van der Waals surface area (Å²) in [4.78, 5) is 13.4. The van der Waals surface area contributed by atoms with Crippen LogP contribution in [0.3, 0.4) is 0 Å². The molecular weight excluding hydrogens is 318 g/mol. The highest BCUT2D eigenvalue weighted by atomic mass is 35.5. The van der Waals surface area contributed by atoms with Gasteiger partial charge in [-0.1, -0.05) is 24.9 Å². The van der Waals surface area contributed by atoms with E-state index in [1.165, 1.54) is 0 Å². The van der Waals surface area contributed by atoms with Gasteiger partial charge < -0.3 is 14.6 Å². The molecule has 0 spiro atoms. The molecule has 1 aromatic rings. The minimum Gasteiger partial charge on any atom is -0.493 e. The van der Waals surface area contributed by atoms with Crippen molar-refractivity contribution in [1.29, 1.82) is 0 Å². The number of nitrogens with zero attached hydrogens (tertiary/aromatic N) is 1. The van der Waals surface area contributed by atoms with Crippen molar-refractivity contribution < 1.29 is 19.4 Å². The second kappa shape index (κ2) is 8.41. The van der Waals surface area contributed by atoms with E-state index in [1.807, 2.05) is 24.0 Å². The third-order valence-corrected chi connectivity index (χ3v) is 4.30. The van der Waals surface area contributed by atoms with Gasteiger partial charge in [0.1, 0.15) is 6.04 Å². The molecule has 1 saturated heterocycles. The normalized spacial score (nSPS) is 18.7. The first-order valence-electron chi connectivity index (χ1n) is 8.02. The Kier molecular flexibility index (Phi) is 6.54. The molecule has 1 atom stereocenters. The minimum absolute atomic E-state index is 0.426. The predicted octanol–water partition coefficient (Wildman–Crippen LogP) is 3.58. The number of benzene rings is 1. The molecule has 0 amide bonds. The number of carboxylic acid groups (broad SMARTS) is 1. The van der Waals surface area contributed by atoms with Crippen molar-refractivity contribution in [3.63, 3.8) is 0 Å². The maximum atomic E-state index is 11.4.